The van der Waals surface area contributed by atoms with Crippen molar-refractivity contribution in [3.05, 3.63) is 112 Å². The molecule has 0 aliphatic carbocycles. The molecule has 0 bridgehead atoms. The number of rotatable bonds is 10. The summed E-state index contributed by atoms with van der Waals surface area (Å²) in [6.45, 7) is 22.5. The number of nitriles is 1. The van der Waals surface area contributed by atoms with Crippen molar-refractivity contribution in [3.63, 3.8) is 0 Å². The summed E-state index contributed by atoms with van der Waals surface area (Å²) in [5, 5.41) is 21.5. The quantitative estimate of drug-likeness (QED) is 0.287. The first-order valence-electron chi connectivity index (χ1n) is 14.6. The maximum absolute atomic E-state index is 12.6. The lowest BCUT2D eigenvalue weighted by Crippen LogP contribution is -2.37. The highest BCUT2D eigenvalue weighted by molar-refractivity contribution is 5.94. The van der Waals surface area contributed by atoms with Gasteiger partial charge in [0.2, 0.25) is 0 Å². The van der Waals surface area contributed by atoms with Crippen molar-refractivity contribution < 1.29 is 9.90 Å². The Bertz CT molecular complexity index is 1210. The minimum atomic E-state index is -0.230. The first kappa shape index (κ1) is 37.3. The predicted molar refractivity (Wildman–Crippen MR) is 177 cm³/mol. The van der Waals surface area contributed by atoms with E-state index in [0.717, 1.165) is 23.5 Å². The number of aliphatic hydroxyl groups is 1. The minimum Gasteiger partial charge on any atom is -0.396 e. The number of aryl methyl sites for hydroxylation is 1. The summed E-state index contributed by atoms with van der Waals surface area (Å²) in [6.07, 6.45) is 10.4. The molecule has 4 heteroatoms. The summed E-state index contributed by atoms with van der Waals surface area (Å²) < 4.78 is 0. The molecule has 0 fully saturated rings. The Morgan fingerprint density at radius 2 is 1.66 bits per heavy atom. The largest absolute Gasteiger partial charge is 0.396 e. The number of hydrogen-bond acceptors (Lipinski definition) is 3. The molecule has 0 aromatic heterocycles. The van der Waals surface area contributed by atoms with Crippen LogP contribution >= 0.6 is 0 Å². The molecule has 0 heterocycles. The molecule has 2 rings (SSSR count). The second-order valence-electron chi connectivity index (χ2n) is 10.8. The molecular weight excluding hydrogens is 504 g/mol. The van der Waals surface area contributed by atoms with Gasteiger partial charge in [-0.1, -0.05) is 94.5 Å². The summed E-state index contributed by atoms with van der Waals surface area (Å²) in [7, 11) is 0. The Morgan fingerprint density at radius 3 is 2.12 bits per heavy atom. The number of amides is 1. The molecule has 0 saturated heterocycles. The molecule has 1 atom stereocenters. The topological polar surface area (TPSA) is 73.1 Å². The van der Waals surface area contributed by atoms with Crippen LogP contribution in [0.3, 0.4) is 0 Å². The SMILES string of the molecule is C/C=C(\C)c1ccc(CC(CCO)NC(=O)c2ccc(C)c(C#N)c2)cc1.C=C(C)/C(=C\C=C/C)CC.CC(C)C. The van der Waals surface area contributed by atoms with Crippen LogP contribution in [0.1, 0.15) is 101 Å². The lowest BCUT2D eigenvalue weighted by Gasteiger charge is -2.18. The van der Waals surface area contributed by atoms with Crippen LogP contribution in [0.5, 0.6) is 0 Å². The van der Waals surface area contributed by atoms with Gasteiger partial charge in [0.25, 0.3) is 5.91 Å². The van der Waals surface area contributed by atoms with Crippen LogP contribution in [0, 0.1) is 24.2 Å². The monoisotopic (exact) mass is 556 g/mol. The number of allylic oxidation sites excluding steroid dienone is 7. The third-order valence-electron chi connectivity index (χ3n) is 6.18. The molecule has 0 spiro atoms. The highest BCUT2D eigenvalue weighted by atomic mass is 16.3. The van der Waals surface area contributed by atoms with Crippen molar-refractivity contribution in [2.75, 3.05) is 6.61 Å². The number of carbonyl (C=O) groups excluding carboxylic acids is 1. The van der Waals surface area contributed by atoms with E-state index in [-0.39, 0.29) is 18.6 Å². The van der Waals surface area contributed by atoms with Gasteiger partial charge in [0.15, 0.2) is 0 Å². The Morgan fingerprint density at radius 1 is 1.07 bits per heavy atom. The van der Waals surface area contributed by atoms with Crippen LogP contribution in [0.4, 0.5) is 0 Å². The van der Waals surface area contributed by atoms with Gasteiger partial charge in [0, 0.05) is 18.2 Å². The Labute approximate surface area is 250 Å². The van der Waals surface area contributed by atoms with Gasteiger partial charge >= 0.3 is 0 Å². The van der Waals surface area contributed by atoms with Gasteiger partial charge < -0.3 is 10.4 Å². The molecule has 1 unspecified atom stereocenters. The Kier molecular flexibility index (Phi) is 19.2. The Hall–Kier alpha value is -3.68. The molecular formula is C37H52N2O2. The van der Waals surface area contributed by atoms with Crippen LogP contribution < -0.4 is 5.32 Å². The predicted octanol–water partition coefficient (Wildman–Crippen LogP) is 9.15. The van der Waals surface area contributed by atoms with E-state index >= 15 is 0 Å². The number of nitrogens with one attached hydrogen (secondary N) is 1. The van der Waals surface area contributed by atoms with Gasteiger partial charge in [0.05, 0.1) is 11.6 Å². The average molecular weight is 557 g/mol. The van der Waals surface area contributed by atoms with Crippen LogP contribution in [0.15, 0.2) is 84.5 Å². The summed E-state index contributed by atoms with van der Waals surface area (Å²) in [5.41, 5.74) is 7.79. The Balaban J connectivity index is 0.000000949. The van der Waals surface area contributed by atoms with E-state index in [1.54, 1.807) is 18.2 Å². The van der Waals surface area contributed by atoms with Gasteiger partial charge in [-0.3, -0.25) is 4.79 Å². The molecule has 222 valence electrons. The van der Waals surface area contributed by atoms with Gasteiger partial charge in [-0.2, -0.15) is 5.26 Å². The third kappa shape index (κ3) is 15.6. The van der Waals surface area contributed by atoms with Gasteiger partial charge in [-0.05, 0) is 99.8 Å². The molecule has 2 aromatic carbocycles. The highest BCUT2D eigenvalue weighted by Gasteiger charge is 2.15. The molecule has 2 aromatic rings. The van der Waals surface area contributed by atoms with E-state index < -0.39 is 0 Å². The average Bonchev–Trinajstić information content (AvgIpc) is 2.93. The zero-order valence-corrected chi connectivity index (χ0v) is 26.8. The van der Waals surface area contributed by atoms with Gasteiger partial charge in [-0.15, -0.1) is 0 Å². The smallest absolute Gasteiger partial charge is 0.251 e. The number of aliphatic hydroxyl groups excluding tert-OH is 1. The summed E-state index contributed by atoms with van der Waals surface area (Å²) in [6, 6.07) is 15.3. The van der Waals surface area contributed by atoms with Crippen molar-refractivity contribution in [1.82, 2.24) is 5.32 Å². The van der Waals surface area contributed by atoms with Crippen LogP contribution in [-0.4, -0.2) is 23.7 Å². The molecule has 1 amide bonds. The first-order chi connectivity index (χ1) is 19.4. The lowest BCUT2D eigenvalue weighted by atomic mass is 9.99. The normalized spacial score (nSPS) is 12.0. The molecule has 2 N–H and O–H groups in total. The van der Waals surface area contributed by atoms with E-state index in [1.165, 1.54) is 22.3 Å². The summed E-state index contributed by atoms with van der Waals surface area (Å²) in [5.74, 6) is 0.603. The molecule has 0 aliphatic rings. The van der Waals surface area contributed by atoms with Crippen LogP contribution in [0.2, 0.25) is 0 Å². The van der Waals surface area contributed by atoms with E-state index in [1.807, 2.05) is 39.8 Å². The van der Waals surface area contributed by atoms with Crippen molar-refractivity contribution in [2.24, 2.45) is 5.92 Å². The molecule has 41 heavy (non-hydrogen) atoms. The summed E-state index contributed by atoms with van der Waals surface area (Å²) in [4.78, 5) is 12.6. The zero-order chi connectivity index (χ0) is 31.4. The van der Waals surface area contributed by atoms with E-state index in [2.05, 4.69) is 89.0 Å². The highest BCUT2D eigenvalue weighted by Crippen LogP contribution is 2.16. The number of hydrogen-bond donors (Lipinski definition) is 2. The van der Waals surface area contributed by atoms with E-state index in [4.69, 9.17) is 5.26 Å². The second kappa shape index (κ2) is 21.1. The summed E-state index contributed by atoms with van der Waals surface area (Å²) >= 11 is 0. The lowest BCUT2D eigenvalue weighted by molar-refractivity contribution is 0.0930. The van der Waals surface area contributed by atoms with Crippen LogP contribution in [-0.2, 0) is 6.42 Å². The maximum atomic E-state index is 12.6. The van der Waals surface area contributed by atoms with Crippen molar-refractivity contribution in [3.8, 4) is 6.07 Å². The molecule has 0 aliphatic heterocycles. The van der Waals surface area contributed by atoms with Gasteiger partial charge in [0.1, 0.15) is 0 Å². The standard InChI is InChI=1S/C23H26N2O2.C10H16.C4H10/c1-4-16(2)19-9-6-18(7-10-19)13-22(11-12-26)25-23(27)20-8-5-17(3)21(14-20)15-24;1-5-7-8-10(6-2)9(3)4;1-4(2)3/h4-10,14,22,26H,11-13H2,1-3H3,(H,25,27);5,7-8H,3,6H2,1-2,4H3;4H,1-3H3/b16-4+;7-5-,10-8-;. The molecule has 0 radical (unpaired) electrons. The first-order valence-corrected chi connectivity index (χ1v) is 14.6. The second-order valence-corrected chi connectivity index (χ2v) is 10.8. The fraction of sp³-hybridized carbons (Fsp3) is 0.405. The fourth-order valence-corrected chi connectivity index (χ4v) is 3.66. The van der Waals surface area contributed by atoms with E-state index in [9.17, 15) is 9.90 Å². The van der Waals surface area contributed by atoms with Crippen molar-refractivity contribution in [1.29, 1.82) is 5.26 Å². The zero-order valence-electron chi connectivity index (χ0n) is 26.8. The number of nitrogens with zero attached hydrogens (tertiary/aromatic N) is 1. The minimum absolute atomic E-state index is 0.00193. The van der Waals surface area contributed by atoms with E-state index in [0.29, 0.717) is 24.0 Å². The van der Waals surface area contributed by atoms with Crippen molar-refractivity contribution in [2.45, 2.75) is 87.6 Å². The number of benzene rings is 2. The maximum Gasteiger partial charge on any atom is 0.251 e. The molecule has 0 saturated carbocycles. The number of carbonyl (C=O) groups is 1. The third-order valence-corrected chi connectivity index (χ3v) is 6.18. The van der Waals surface area contributed by atoms with Crippen LogP contribution in [0.25, 0.3) is 5.57 Å². The van der Waals surface area contributed by atoms with Gasteiger partial charge in [-0.25, -0.2) is 0 Å². The fourth-order valence-electron chi connectivity index (χ4n) is 3.66. The van der Waals surface area contributed by atoms with Crippen molar-refractivity contribution >= 4 is 11.5 Å². The molecule has 4 nitrogen and oxygen atoms in total.